The van der Waals surface area contributed by atoms with Gasteiger partial charge in [0.25, 0.3) is 0 Å². The van der Waals surface area contributed by atoms with Gasteiger partial charge in [0.1, 0.15) is 35.6 Å². The van der Waals surface area contributed by atoms with Gasteiger partial charge < -0.3 is 38.6 Å². The number of hydrogen-bond acceptors (Lipinski definition) is 12. The Morgan fingerprint density at radius 2 is 1.02 bits per heavy atom. The third kappa shape index (κ3) is 7.33. The van der Waals surface area contributed by atoms with Crippen LogP contribution in [0.5, 0.6) is 0 Å². The molecule has 6 aliphatic rings. The Bertz CT molecular complexity index is 1540. The quantitative estimate of drug-likeness (QED) is 0.240. The van der Waals surface area contributed by atoms with Crippen LogP contribution in [0.15, 0.2) is 0 Å². The van der Waals surface area contributed by atoms with E-state index in [9.17, 15) is 29.4 Å². The molecule has 12 heteroatoms. The van der Waals surface area contributed by atoms with Crippen LogP contribution in [0.2, 0.25) is 0 Å². The van der Waals surface area contributed by atoms with Crippen molar-refractivity contribution in [2.24, 2.45) is 59.2 Å². The van der Waals surface area contributed by atoms with Crippen LogP contribution >= 0.6 is 0 Å². The molecule has 0 saturated carbocycles. The molecule has 6 rings (SSSR count). The summed E-state index contributed by atoms with van der Waals surface area (Å²) in [6.45, 7) is 30.0. The summed E-state index contributed by atoms with van der Waals surface area (Å²) in [6, 6.07) is 0. The van der Waals surface area contributed by atoms with Crippen LogP contribution in [-0.2, 0) is 47.6 Å². The zero-order valence-corrected chi connectivity index (χ0v) is 36.9. The third-order valence-electron chi connectivity index (χ3n) is 15.8. The first-order chi connectivity index (χ1) is 25.6. The monoisotopic (exact) mass is 793 g/mol. The Balaban J connectivity index is 0.000000214. The summed E-state index contributed by atoms with van der Waals surface area (Å²) in [4.78, 5) is 51.7. The van der Waals surface area contributed by atoms with Crippen molar-refractivity contribution < 1.29 is 57.8 Å². The van der Waals surface area contributed by atoms with Gasteiger partial charge in [0.15, 0.2) is 22.8 Å². The topological polar surface area (TPSA) is 177 Å². The van der Waals surface area contributed by atoms with Gasteiger partial charge in [-0.15, -0.1) is 0 Å². The Hall–Kier alpha value is -1.96. The van der Waals surface area contributed by atoms with Crippen LogP contribution in [-0.4, -0.2) is 92.1 Å². The molecule has 0 amide bonds. The van der Waals surface area contributed by atoms with E-state index in [2.05, 4.69) is 27.7 Å². The second-order valence-corrected chi connectivity index (χ2v) is 19.7. The largest absolute Gasteiger partial charge is 0.459 e. The van der Waals surface area contributed by atoms with Gasteiger partial charge in [-0.05, 0) is 83.0 Å². The van der Waals surface area contributed by atoms with E-state index in [1.54, 1.807) is 34.6 Å². The van der Waals surface area contributed by atoms with E-state index in [4.69, 9.17) is 28.4 Å². The molecule has 56 heavy (non-hydrogen) atoms. The minimum atomic E-state index is -1.81. The zero-order valence-electron chi connectivity index (χ0n) is 36.9. The first-order valence-corrected chi connectivity index (χ1v) is 21.3. The third-order valence-corrected chi connectivity index (χ3v) is 15.8. The summed E-state index contributed by atoms with van der Waals surface area (Å²) in [7, 11) is 0. The Labute approximate surface area is 334 Å². The lowest BCUT2D eigenvalue weighted by Gasteiger charge is -2.39. The van der Waals surface area contributed by atoms with Crippen molar-refractivity contribution in [2.45, 2.75) is 195 Å². The number of rotatable bonds is 2. The number of ketones is 2. The van der Waals surface area contributed by atoms with Gasteiger partial charge in [0.05, 0.1) is 11.8 Å². The van der Waals surface area contributed by atoms with E-state index >= 15 is 0 Å². The number of epoxide rings is 4. The standard InChI is InChI=1S/C23H40O6.C21H32O6/c1-10-18-23(9,28)20(25)15(5)13(3)12(2)11-22(8,27)19(24)16(6)14(4)17(7)21(26)29-18;1-8-14-19(7)21(27-19)15(25-21)11(3)10(2)9-18(6)20(26-18)16(24-20)12(4)13(5)17(22)23-14/h12-18,27-28H,10-11H2,1-9H3;10-16H,8-9H2,1-7H3. The zero-order chi connectivity index (χ0) is 42.5. The van der Waals surface area contributed by atoms with Crippen LogP contribution < -0.4 is 0 Å². The van der Waals surface area contributed by atoms with E-state index in [1.807, 2.05) is 34.6 Å². The molecule has 0 aromatic heterocycles. The number of hydrogen-bond donors (Lipinski definition) is 2. The van der Waals surface area contributed by atoms with Gasteiger partial charge in [0.2, 0.25) is 11.6 Å². The fourth-order valence-corrected chi connectivity index (χ4v) is 10.2. The lowest BCUT2D eigenvalue weighted by atomic mass is 9.70. The van der Waals surface area contributed by atoms with Crippen molar-refractivity contribution in [3.8, 4) is 0 Å². The highest BCUT2D eigenvalue weighted by Crippen LogP contribution is 2.70. The molecule has 0 aliphatic carbocycles. The number of carbonyl (C=O) groups is 4. The molecule has 0 radical (unpaired) electrons. The normalized spacial score (nSPS) is 54.8. The minimum absolute atomic E-state index is 0.0405. The maximum atomic E-state index is 13.1. The fraction of sp³-hybridized carbons (Fsp3) is 0.909. The lowest BCUT2D eigenvalue weighted by molar-refractivity contribution is -0.177. The summed E-state index contributed by atoms with van der Waals surface area (Å²) >= 11 is 0. The maximum absolute atomic E-state index is 13.1. The number of cyclic esters (lactones) is 2. The predicted octanol–water partition coefficient (Wildman–Crippen LogP) is 6.19. The smallest absolute Gasteiger partial charge is 0.309 e. The molecule has 20 atom stereocenters. The Kier molecular flexibility index (Phi) is 12.0. The first-order valence-electron chi connectivity index (χ1n) is 21.3. The van der Waals surface area contributed by atoms with E-state index in [0.29, 0.717) is 24.7 Å². The summed E-state index contributed by atoms with van der Waals surface area (Å²) in [5, 5.41) is 21.9. The van der Waals surface area contributed by atoms with Gasteiger partial charge in [-0.3, -0.25) is 19.2 Å². The lowest BCUT2D eigenvalue weighted by Crippen LogP contribution is -2.53. The van der Waals surface area contributed by atoms with Crippen molar-refractivity contribution in [3.63, 3.8) is 0 Å². The summed E-state index contributed by atoms with van der Waals surface area (Å²) in [6.07, 6.45) is 0.866. The molecule has 12 nitrogen and oxygen atoms in total. The first kappa shape index (κ1) is 45.1. The molecule has 2 spiro atoms. The highest BCUT2D eigenvalue weighted by Gasteiger charge is 2.88. The van der Waals surface area contributed by atoms with Crippen molar-refractivity contribution in [1.82, 2.24) is 0 Å². The van der Waals surface area contributed by atoms with E-state index < -0.39 is 64.0 Å². The van der Waals surface area contributed by atoms with Gasteiger partial charge in [0, 0.05) is 17.8 Å². The average Bonchev–Trinajstić information content (AvgIpc) is 4.09. The molecule has 6 fully saturated rings. The maximum Gasteiger partial charge on any atom is 0.309 e. The SMILES string of the molecule is CCC1OC(=O)C(C)C(C)C(C)C(=O)C(C)(O)CC(C)C(C)C(C)C(=O)C1(C)O.CCC1OC(=O)C(C)C(C)C2OC23OC3(C)CC(C)C(C)C2OC23OC13C. The molecular weight excluding hydrogens is 720 g/mol. The predicted molar refractivity (Wildman–Crippen MR) is 207 cm³/mol. The van der Waals surface area contributed by atoms with Crippen molar-refractivity contribution >= 4 is 23.5 Å². The average molecular weight is 793 g/mol. The van der Waals surface area contributed by atoms with E-state index in [1.165, 1.54) is 13.8 Å². The fourth-order valence-electron chi connectivity index (χ4n) is 10.2. The van der Waals surface area contributed by atoms with Crippen molar-refractivity contribution in [2.75, 3.05) is 0 Å². The molecule has 6 heterocycles. The van der Waals surface area contributed by atoms with E-state index in [-0.39, 0.29) is 71.7 Å². The minimum Gasteiger partial charge on any atom is -0.459 e. The van der Waals surface area contributed by atoms with E-state index in [0.717, 1.165) is 6.42 Å². The second-order valence-electron chi connectivity index (χ2n) is 19.7. The summed E-state index contributed by atoms with van der Waals surface area (Å²) < 4.78 is 35.8. The van der Waals surface area contributed by atoms with Gasteiger partial charge in [-0.1, -0.05) is 83.1 Å². The second kappa shape index (κ2) is 14.9. The number of esters is 2. The molecular formula is C44H72O12. The molecule has 2 N–H and O–H groups in total. The molecule has 20 unspecified atom stereocenters. The number of ether oxygens (including phenoxy) is 6. The van der Waals surface area contributed by atoms with Crippen LogP contribution in [0.1, 0.15) is 136 Å². The van der Waals surface area contributed by atoms with Crippen molar-refractivity contribution in [1.29, 1.82) is 0 Å². The number of aliphatic hydroxyl groups is 2. The Morgan fingerprint density at radius 3 is 1.57 bits per heavy atom. The highest BCUT2D eigenvalue weighted by molar-refractivity contribution is 5.91. The van der Waals surface area contributed by atoms with Crippen LogP contribution in [0, 0.1) is 59.2 Å². The molecule has 0 bridgehead atoms. The van der Waals surface area contributed by atoms with Gasteiger partial charge >= 0.3 is 11.9 Å². The molecule has 0 aromatic rings. The molecule has 0 aromatic carbocycles. The highest BCUT2D eigenvalue weighted by atomic mass is 16.9. The molecule has 6 saturated heterocycles. The molecule has 6 aliphatic heterocycles. The van der Waals surface area contributed by atoms with Crippen LogP contribution in [0.25, 0.3) is 0 Å². The molecule has 320 valence electrons. The van der Waals surface area contributed by atoms with Gasteiger partial charge in [-0.2, -0.15) is 0 Å². The summed E-state index contributed by atoms with van der Waals surface area (Å²) in [5.41, 5.74) is -4.21. The number of Topliss-reactive ketones (excluding diaryl/α,β-unsaturated/α-hetero) is 2. The Morgan fingerprint density at radius 1 is 0.554 bits per heavy atom. The number of carbonyl (C=O) groups excluding carboxylic acids is 4. The summed E-state index contributed by atoms with van der Waals surface area (Å²) in [5.74, 6) is -4.39. The van der Waals surface area contributed by atoms with Crippen LogP contribution in [0.4, 0.5) is 0 Å². The van der Waals surface area contributed by atoms with Gasteiger partial charge in [-0.25, -0.2) is 0 Å². The van der Waals surface area contributed by atoms with Crippen molar-refractivity contribution in [3.05, 3.63) is 0 Å². The van der Waals surface area contributed by atoms with Crippen LogP contribution in [0.3, 0.4) is 0 Å².